The zero-order valence-electron chi connectivity index (χ0n) is 20.0. The number of aliphatic hydroxyl groups is 1. The molecular formula is C27H38NO3P. The summed E-state index contributed by atoms with van der Waals surface area (Å²) in [7, 11) is 0.371. The van der Waals surface area contributed by atoms with Gasteiger partial charge in [-0.1, -0.05) is 63.6 Å². The number of hydrogen-bond donors (Lipinski definition) is 1. The molecule has 0 radical (unpaired) electrons. The summed E-state index contributed by atoms with van der Waals surface area (Å²) in [6, 6.07) is 17.3. The summed E-state index contributed by atoms with van der Waals surface area (Å²) in [5, 5.41) is 11.8. The van der Waals surface area contributed by atoms with Crippen LogP contribution in [0.25, 0.3) is 6.08 Å². The smallest absolute Gasteiger partial charge is 0.263 e. The molecule has 4 nitrogen and oxygen atoms in total. The summed E-state index contributed by atoms with van der Waals surface area (Å²) in [5.41, 5.74) is 1.97. The predicted octanol–water partition coefficient (Wildman–Crippen LogP) is 6.17. The van der Waals surface area contributed by atoms with Crippen LogP contribution in [0.3, 0.4) is 0 Å². The zero-order valence-corrected chi connectivity index (χ0v) is 20.9. The first-order valence-electron chi connectivity index (χ1n) is 11.7. The third-order valence-electron chi connectivity index (χ3n) is 6.59. The molecule has 0 saturated heterocycles. The molecule has 1 aliphatic carbocycles. The maximum atomic E-state index is 14.4. The molecule has 1 aliphatic rings. The highest BCUT2D eigenvalue weighted by Crippen LogP contribution is 2.54. The van der Waals surface area contributed by atoms with E-state index in [9.17, 15) is 9.67 Å². The standard InChI is InChI=1S/C27H38NO3P/c1-20(2)25-17-11-21(3)19-26(25)31-32(30,24-15-13-23(14-16-24)28(4)5)27(29)18-12-22-9-7-6-8-10-22/h6-10,12-16,18,20-21,25-27,29H,11,17,19H2,1-5H3/b18-12+/t21-,25+,26-,27+,32+/m1/s1. The van der Waals surface area contributed by atoms with E-state index in [0.29, 0.717) is 23.1 Å². The minimum absolute atomic E-state index is 0.127. The van der Waals surface area contributed by atoms with Crippen molar-refractivity contribution < 1.29 is 14.2 Å². The fraction of sp³-hybridized carbons (Fsp3) is 0.481. The molecule has 1 N–H and O–H groups in total. The minimum Gasteiger partial charge on any atom is -0.378 e. The molecule has 0 aliphatic heterocycles. The predicted molar refractivity (Wildman–Crippen MR) is 136 cm³/mol. The SMILES string of the molecule is CC(C)[C@@H]1CC[C@@H](C)C[C@H]1O[P@@](=O)(c1ccc(N(C)C)cc1)[C@H](O)/C=C/c1ccccc1. The minimum atomic E-state index is -3.57. The Balaban J connectivity index is 1.96. The van der Waals surface area contributed by atoms with Crippen molar-refractivity contribution in [2.24, 2.45) is 17.8 Å². The van der Waals surface area contributed by atoms with Crippen LogP contribution in [0.15, 0.2) is 60.7 Å². The zero-order chi connectivity index (χ0) is 23.3. The number of anilines is 1. The van der Waals surface area contributed by atoms with Gasteiger partial charge in [0.25, 0.3) is 7.37 Å². The molecule has 0 heterocycles. The van der Waals surface area contributed by atoms with Crippen molar-refractivity contribution in [2.45, 2.75) is 52.0 Å². The molecule has 2 aromatic carbocycles. The molecule has 1 saturated carbocycles. The summed E-state index contributed by atoms with van der Waals surface area (Å²) >= 11 is 0. The van der Waals surface area contributed by atoms with Gasteiger partial charge in [-0.15, -0.1) is 0 Å². The van der Waals surface area contributed by atoms with Gasteiger partial charge in [0.1, 0.15) is 0 Å². The highest BCUT2D eigenvalue weighted by Gasteiger charge is 2.41. The first-order chi connectivity index (χ1) is 15.2. The fourth-order valence-electron chi connectivity index (χ4n) is 4.55. The molecule has 0 aromatic heterocycles. The number of hydrogen-bond acceptors (Lipinski definition) is 4. The van der Waals surface area contributed by atoms with Crippen LogP contribution in [0.5, 0.6) is 0 Å². The number of nitrogens with zero attached hydrogens (tertiary/aromatic N) is 1. The molecule has 0 unspecified atom stereocenters. The molecule has 32 heavy (non-hydrogen) atoms. The average molecular weight is 456 g/mol. The number of rotatable bonds is 8. The Morgan fingerprint density at radius 1 is 1.06 bits per heavy atom. The average Bonchev–Trinajstić information content (AvgIpc) is 2.78. The Bertz CT molecular complexity index is 924. The van der Waals surface area contributed by atoms with Crippen molar-refractivity contribution in [3.63, 3.8) is 0 Å². The van der Waals surface area contributed by atoms with E-state index in [1.54, 1.807) is 6.08 Å². The Morgan fingerprint density at radius 3 is 2.31 bits per heavy atom. The van der Waals surface area contributed by atoms with Crippen LogP contribution in [0, 0.1) is 17.8 Å². The lowest BCUT2D eigenvalue weighted by molar-refractivity contribution is 0.0448. The lowest BCUT2D eigenvalue weighted by Gasteiger charge is -2.39. The Kier molecular flexibility index (Phi) is 8.38. The summed E-state index contributed by atoms with van der Waals surface area (Å²) in [5.74, 6) is 0.0921. The van der Waals surface area contributed by atoms with E-state index < -0.39 is 13.2 Å². The molecule has 3 rings (SSSR count). The van der Waals surface area contributed by atoms with Crippen molar-refractivity contribution in [1.29, 1.82) is 0 Å². The van der Waals surface area contributed by atoms with Gasteiger partial charge >= 0.3 is 0 Å². The van der Waals surface area contributed by atoms with Crippen molar-refractivity contribution in [3.8, 4) is 0 Å². The highest BCUT2D eigenvalue weighted by atomic mass is 31.2. The normalized spacial score (nSPS) is 24.4. The fourth-order valence-corrected chi connectivity index (χ4v) is 6.62. The van der Waals surface area contributed by atoms with Gasteiger partial charge in [-0.25, -0.2) is 0 Å². The van der Waals surface area contributed by atoms with Crippen LogP contribution in [0.4, 0.5) is 5.69 Å². The van der Waals surface area contributed by atoms with Gasteiger partial charge in [0.05, 0.1) is 6.10 Å². The van der Waals surface area contributed by atoms with E-state index in [-0.39, 0.29) is 6.10 Å². The van der Waals surface area contributed by atoms with E-state index in [2.05, 4.69) is 20.8 Å². The van der Waals surface area contributed by atoms with E-state index in [4.69, 9.17) is 4.52 Å². The van der Waals surface area contributed by atoms with Gasteiger partial charge in [-0.05, 0) is 66.5 Å². The Labute approximate surface area is 193 Å². The first kappa shape index (κ1) is 24.8. The van der Waals surface area contributed by atoms with Gasteiger partial charge in [0, 0.05) is 25.1 Å². The van der Waals surface area contributed by atoms with Crippen molar-refractivity contribution in [2.75, 3.05) is 19.0 Å². The summed E-state index contributed by atoms with van der Waals surface area (Å²) in [6.45, 7) is 6.65. The monoisotopic (exact) mass is 455 g/mol. The second kappa shape index (κ2) is 10.8. The molecule has 174 valence electrons. The topological polar surface area (TPSA) is 49.8 Å². The van der Waals surface area contributed by atoms with Gasteiger partial charge in [-0.2, -0.15) is 0 Å². The second-order valence-corrected chi connectivity index (χ2v) is 12.1. The molecule has 5 heteroatoms. The van der Waals surface area contributed by atoms with E-state index >= 15 is 0 Å². The third kappa shape index (κ3) is 5.92. The molecule has 0 spiro atoms. The second-order valence-electron chi connectivity index (χ2n) is 9.66. The number of benzene rings is 2. The van der Waals surface area contributed by atoms with Crippen molar-refractivity contribution in [1.82, 2.24) is 0 Å². The quantitative estimate of drug-likeness (QED) is 0.484. The summed E-state index contributed by atoms with van der Waals surface area (Å²) in [4.78, 5) is 2.00. The van der Waals surface area contributed by atoms with Gasteiger partial charge in [0.2, 0.25) is 0 Å². The molecule has 5 atom stereocenters. The maximum absolute atomic E-state index is 14.4. The van der Waals surface area contributed by atoms with E-state index in [1.807, 2.05) is 79.7 Å². The van der Waals surface area contributed by atoms with E-state index in [1.165, 1.54) is 6.42 Å². The van der Waals surface area contributed by atoms with Crippen LogP contribution in [-0.2, 0) is 9.09 Å². The lowest BCUT2D eigenvalue weighted by Crippen LogP contribution is -2.35. The third-order valence-corrected chi connectivity index (χ3v) is 9.06. The summed E-state index contributed by atoms with van der Waals surface area (Å²) in [6.07, 6.45) is 6.42. The molecular weight excluding hydrogens is 417 g/mol. The molecule has 0 bridgehead atoms. The van der Waals surface area contributed by atoms with Gasteiger partial charge in [0.15, 0.2) is 5.85 Å². The van der Waals surface area contributed by atoms with Crippen molar-refractivity contribution in [3.05, 3.63) is 66.2 Å². The van der Waals surface area contributed by atoms with Gasteiger partial charge in [-0.3, -0.25) is 4.57 Å². The highest BCUT2D eigenvalue weighted by molar-refractivity contribution is 7.67. The molecule has 2 aromatic rings. The van der Waals surface area contributed by atoms with Gasteiger partial charge < -0.3 is 14.5 Å². The van der Waals surface area contributed by atoms with Crippen LogP contribution in [-0.4, -0.2) is 31.2 Å². The van der Waals surface area contributed by atoms with Crippen LogP contribution < -0.4 is 10.2 Å². The summed E-state index contributed by atoms with van der Waals surface area (Å²) < 4.78 is 20.9. The number of aliphatic hydroxyl groups excluding tert-OH is 1. The Hall–Kier alpha value is -1.87. The molecule has 0 amide bonds. The largest absolute Gasteiger partial charge is 0.378 e. The maximum Gasteiger partial charge on any atom is 0.263 e. The van der Waals surface area contributed by atoms with Crippen LogP contribution >= 0.6 is 7.37 Å². The molecule has 1 fully saturated rings. The van der Waals surface area contributed by atoms with E-state index in [0.717, 1.165) is 24.1 Å². The van der Waals surface area contributed by atoms with Crippen LogP contribution in [0.1, 0.15) is 45.6 Å². The Morgan fingerprint density at radius 2 is 1.72 bits per heavy atom. The van der Waals surface area contributed by atoms with Crippen molar-refractivity contribution >= 4 is 24.4 Å². The lowest BCUT2D eigenvalue weighted by atomic mass is 9.75. The first-order valence-corrected chi connectivity index (χ1v) is 13.4. The van der Waals surface area contributed by atoms with Crippen LogP contribution in [0.2, 0.25) is 0 Å².